The van der Waals surface area contributed by atoms with Gasteiger partial charge in [0.15, 0.2) is 5.82 Å². The van der Waals surface area contributed by atoms with Crippen LogP contribution in [0, 0.1) is 0 Å². The number of carbonyl (C=O) groups excluding carboxylic acids is 2. The van der Waals surface area contributed by atoms with Crippen LogP contribution in [0.25, 0.3) is 0 Å². The summed E-state index contributed by atoms with van der Waals surface area (Å²) in [6.45, 7) is 6.84. The summed E-state index contributed by atoms with van der Waals surface area (Å²) in [5.74, 6) is 0.727. The second-order valence-corrected chi connectivity index (χ2v) is 7.94. The van der Waals surface area contributed by atoms with E-state index in [0.717, 1.165) is 16.0 Å². The predicted molar refractivity (Wildman–Crippen MR) is 94.3 cm³/mol. The van der Waals surface area contributed by atoms with Gasteiger partial charge in [-0.1, -0.05) is 0 Å². The fourth-order valence-corrected chi connectivity index (χ4v) is 3.29. The van der Waals surface area contributed by atoms with E-state index in [-0.39, 0.29) is 12.0 Å². The number of amides is 2. The number of pyridine rings is 1. The third-order valence-electron chi connectivity index (χ3n) is 4.09. The minimum Gasteiger partial charge on any atom is -0.444 e. The Morgan fingerprint density at radius 1 is 1.38 bits per heavy atom. The van der Waals surface area contributed by atoms with Crippen molar-refractivity contribution >= 4 is 39.4 Å². The molecule has 0 saturated carbocycles. The molecule has 0 N–H and O–H groups in total. The average Bonchev–Trinajstić information content (AvgIpc) is 2.50. The topological polar surface area (TPSA) is 66.0 Å². The second-order valence-electron chi connectivity index (χ2n) is 7.03. The van der Waals surface area contributed by atoms with Crippen LogP contribution in [0.5, 0.6) is 0 Å². The summed E-state index contributed by atoms with van der Waals surface area (Å²) >= 11 is 3.39. The number of likely N-dealkylation sites (N-methyl/N-ethyl adjacent to an activating group) is 1. The molecule has 1 aromatic heterocycles. The van der Waals surface area contributed by atoms with Crippen LogP contribution in [0.3, 0.4) is 0 Å². The van der Waals surface area contributed by atoms with Crippen molar-refractivity contribution < 1.29 is 14.3 Å². The monoisotopic (exact) mass is 396 g/mol. The SMILES string of the molecule is CN1C(=O)C2CN(C(=O)OC(C)(C)C)CCN2c2ncc(Br)cc21. The van der Waals surface area contributed by atoms with E-state index in [1.165, 1.54) is 0 Å². The maximum absolute atomic E-state index is 12.7. The van der Waals surface area contributed by atoms with Gasteiger partial charge in [0, 0.05) is 30.8 Å². The molecule has 3 rings (SSSR count). The van der Waals surface area contributed by atoms with Crippen molar-refractivity contribution in [1.82, 2.24) is 9.88 Å². The molecule has 0 aromatic carbocycles. The van der Waals surface area contributed by atoms with Crippen LogP contribution in [0.2, 0.25) is 0 Å². The molecule has 1 saturated heterocycles. The first-order valence-corrected chi connectivity index (χ1v) is 8.64. The van der Waals surface area contributed by atoms with E-state index >= 15 is 0 Å². The van der Waals surface area contributed by atoms with Crippen molar-refractivity contribution in [3.63, 3.8) is 0 Å². The largest absolute Gasteiger partial charge is 0.444 e. The second kappa shape index (κ2) is 5.91. The highest BCUT2D eigenvalue weighted by atomic mass is 79.9. The van der Waals surface area contributed by atoms with Gasteiger partial charge in [-0.15, -0.1) is 0 Å². The van der Waals surface area contributed by atoms with E-state index in [0.29, 0.717) is 19.6 Å². The van der Waals surface area contributed by atoms with Crippen molar-refractivity contribution in [2.24, 2.45) is 0 Å². The lowest BCUT2D eigenvalue weighted by Gasteiger charge is -2.46. The number of carbonyl (C=O) groups is 2. The highest BCUT2D eigenvalue weighted by molar-refractivity contribution is 9.10. The molecule has 3 heterocycles. The number of nitrogens with zero attached hydrogens (tertiary/aromatic N) is 4. The van der Waals surface area contributed by atoms with Gasteiger partial charge in [0.05, 0.1) is 12.2 Å². The maximum Gasteiger partial charge on any atom is 0.410 e. The highest BCUT2D eigenvalue weighted by Crippen LogP contribution is 2.36. The molecule has 1 aromatic rings. The quantitative estimate of drug-likeness (QED) is 0.672. The van der Waals surface area contributed by atoms with Crippen LogP contribution in [0.1, 0.15) is 20.8 Å². The molecule has 1 unspecified atom stereocenters. The normalized spacial score (nSPS) is 20.6. The number of fused-ring (bicyclic) bond motifs is 3. The number of rotatable bonds is 0. The number of piperazine rings is 1. The Labute approximate surface area is 149 Å². The van der Waals surface area contributed by atoms with Crippen LogP contribution < -0.4 is 9.80 Å². The van der Waals surface area contributed by atoms with Gasteiger partial charge in [0.1, 0.15) is 11.6 Å². The first-order valence-electron chi connectivity index (χ1n) is 7.85. The minimum atomic E-state index is -0.554. The van der Waals surface area contributed by atoms with Gasteiger partial charge in [-0.3, -0.25) is 4.79 Å². The number of ether oxygens (including phenoxy) is 1. The molecule has 8 heteroatoms. The van der Waals surface area contributed by atoms with Gasteiger partial charge in [0.25, 0.3) is 5.91 Å². The summed E-state index contributed by atoms with van der Waals surface area (Å²) in [4.78, 5) is 34.7. The zero-order chi connectivity index (χ0) is 17.6. The molecule has 0 aliphatic carbocycles. The summed E-state index contributed by atoms with van der Waals surface area (Å²) in [6.07, 6.45) is 1.34. The van der Waals surface area contributed by atoms with E-state index in [9.17, 15) is 9.59 Å². The maximum atomic E-state index is 12.7. The van der Waals surface area contributed by atoms with Crippen LogP contribution in [-0.4, -0.2) is 60.2 Å². The number of aromatic nitrogens is 1. The fourth-order valence-electron chi connectivity index (χ4n) is 2.97. The Bertz CT molecular complexity index is 688. The predicted octanol–water partition coefficient (Wildman–Crippen LogP) is 2.25. The first kappa shape index (κ1) is 17.0. The van der Waals surface area contributed by atoms with Crippen LogP contribution in [-0.2, 0) is 9.53 Å². The fraction of sp³-hybridized carbons (Fsp3) is 0.562. The lowest BCUT2D eigenvalue weighted by Crippen LogP contribution is -2.63. The van der Waals surface area contributed by atoms with E-state index in [2.05, 4.69) is 20.9 Å². The molecule has 0 spiro atoms. The molecule has 24 heavy (non-hydrogen) atoms. The first-order chi connectivity index (χ1) is 11.2. The average molecular weight is 397 g/mol. The summed E-state index contributed by atoms with van der Waals surface area (Å²) in [5.41, 5.74) is 0.221. The van der Waals surface area contributed by atoms with Crippen LogP contribution >= 0.6 is 15.9 Å². The van der Waals surface area contributed by atoms with Crippen molar-refractivity contribution in [1.29, 1.82) is 0 Å². The molecular formula is C16H21BrN4O3. The lowest BCUT2D eigenvalue weighted by atomic mass is 10.1. The van der Waals surface area contributed by atoms with E-state index in [1.54, 1.807) is 23.0 Å². The van der Waals surface area contributed by atoms with Gasteiger partial charge in [0.2, 0.25) is 0 Å². The summed E-state index contributed by atoms with van der Waals surface area (Å²) < 4.78 is 6.25. The number of hydrogen-bond donors (Lipinski definition) is 0. The minimum absolute atomic E-state index is 0.0457. The van der Waals surface area contributed by atoms with Gasteiger partial charge in [-0.2, -0.15) is 0 Å². The van der Waals surface area contributed by atoms with Gasteiger partial charge in [-0.05, 0) is 42.8 Å². The van der Waals surface area contributed by atoms with E-state index in [4.69, 9.17) is 4.74 Å². The molecular weight excluding hydrogens is 376 g/mol. The van der Waals surface area contributed by atoms with Gasteiger partial charge >= 0.3 is 6.09 Å². The highest BCUT2D eigenvalue weighted by Gasteiger charge is 2.42. The summed E-state index contributed by atoms with van der Waals surface area (Å²) in [6, 6.07) is 1.45. The zero-order valence-electron chi connectivity index (χ0n) is 14.2. The summed E-state index contributed by atoms with van der Waals surface area (Å²) in [5, 5.41) is 0. The molecule has 2 aliphatic rings. The smallest absolute Gasteiger partial charge is 0.410 e. The van der Waals surface area contributed by atoms with Crippen molar-refractivity contribution in [2.75, 3.05) is 36.5 Å². The third kappa shape index (κ3) is 3.07. The van der Waals surface area contributed by atoms with E-state index < -0.39 is 11.6 Å². The van der Waals surface area contributed by atoms with Gasteiger partial charge in [-0.25, -0.2) is 9.78 Å². The van der Waals surface area contributed by atoms with Crippen molar-refractivity contribution in [3.05, 3.63) is 16.7 Å². The Balaban J connectivity index is 1.84. The molecule has 130 valence electrons. The Kier molecular flexibility index (Phi) is 4.19. The zero-order valence-corrected chi connectivity index (χ0v) is 15.8. The molecule has 0 radical (unpaired) electrons. The summed E-state index contributed by atoms with van der Waals surface area (Å²) in [7, 11) is 1.74. The Hall–Kier alpha value is -1.83. The standard InChI is InChI=1S/C16H21BrN4O3/c1-16(2,3)24-15(23)20-5-6-21-12(9-20)14(22)19(4)11-7-10(17)8-18-13(11)21/h7-8,12H,5-6,9H2,1-4H3. The van der Waals surface area contributed by atoms with Crippen molar-refractivity contribution in [2.45, 2.75) is 32.4 Å². The molecule has 1 atom stereocenters. The van der Waals surface area contributed by atoms with Gasteiger partial charge < -0.3 is 19.4 Å². The van der Waals surface area contributed by atoms with E-state index in [1.807, 2.05) is 31.7 Å². The van der Waals surface area contributed by atoms with Crippen LogP contribution in [0.15, 0.2) is 16.7 Å². The molecule has 1 fully saturated rings. The molecule has 7 nitrogen and oxygen atoms in total. The third-order valence-corrected chi connectivity index (χ3v) is 4.53. The number of anilines is 2. The number of halogens is 1. The molecule has 0 bridgehead atoms. The van der Waals surface area contributed by atoms with Crippen LogP contribution in [0.4, 0.5) is 16.3 Å². The van der Waals surface area contributed by atoms with Crippen molar-refractivity contribution in [3.8, 4) is 0 Å². The lowest BCUT2D eigenvalue weighted by molar-refractivity contribution is -0.120. The Morgan fingerprint density at radius 2 is 2.08 bits per heavy atom. The molecule has 2 aliphatic heterocycles. The Morgan fingerprint density at radius 3 is 2.75 bits per heavy atom. The molecule has 2 amide bonds. The number of hydrogen-bond acceptors (Lipinski definition) is 5.